The maximum Gasteiger partial charge on any atom is 0.243 e. The molecule has 0 saturated heterocycles. The minimum atomic E-state index is -1.12. The molecule has 0 radical (unpaired) electrons. The van der Waals surface area contributed by atoms with E-state index in [4.69, 9.17) is 0 Å². The van der Waals surface area contributed by atoms with Gasteiger partial charge in [0, 0.05) is 18.8 Å². The van der Waals surface area contributed by atoms with Crippen molar-refractivity contribution < 1.29 is 9.90 Å². The number of carbonyl (C=O) groups excluding carboxylic acids is 1. The van der Waals surface area contributed by atoms with Crippen molar-refractivity contribution in [3.8, 4) is 0 Å². The van der Waals surface area contributed by atoms with Gasteiger partial charge in [-0.2, -0.15) is 5.10 Å². The zero-order chi connectivity index (χ0) is 11.5. The average Bonchev–Trinajstić information content (AvgIpc) is 2.62. The Kier molecular flexibility index (Phi) is 3.26. The van der Waals surface area contributed by atoms with Crippen LogP contribution in [0.2, 0.25) is 0 Å². The maximum absolute atomic E-state index is 10.9. The minimum absolute atomic E-state index is 0.129. The van der Waals surface area contributed by atoms with Gasteiger partial charge in [-0.1, -0.05) is 6.58 Å². The van der Waals surface area contributed by atoms with Crippen LogP contribution in [0.4, 0.5) is 0 Å². The Morgan fingerprint density at radius 2 is 2.53 bits per heavy atom. The zero-order valence-electron chi connectivity index (χ0n) is 8.90. The molecule has 0 bridgehead atoms. The molecule has 5 heteroatoms. The van der Waals surface area contributed by atoms with Crippen molar-refractivity contribution in [2.45, 2.75) is 12.5 Å². The highest BCUT2D eigenvalue weighted by Gasteiger charge is 2.24. The highest BCUT2D eigenvalue weighted by molar-refractivity contribution is 5.86. The molecule has 5 nitrogen and oxygen atoms in total. The van der Waals surface area contributed by atoms with Crippen molar-refractivity contribution in [1.29, 1.82) is 0 Å². The second kappa shape index (κ2) is 4.27. The van der Waals surface area contributed by atoms with Crippen LogP contribution >= 0.6 is 0 Å². The number of carbonyl (C=O) groups is 1. The highest BCUT2D eigenvalue weighted by Crippen LogP contribution is 2.18. The van der Waals surface area contributed by atoms with Gasteiger partial charge < -0.3 is 10.4 Å². The predicted molar refractivity (Wildman–Crippen MR) is 56.0 cm³/mol. The smallest absolute Gasteiger partial charge is 0.243 e. The molecule has 82 valence electrons. The summed E-state index contributed by atoms with van der Waals surface area (Å²) in [5.41, 5.74) is -0.457. The molecule has 0 saturated carbocycles. The molecule has 1 aromatic rings. The van der Waals surface area contributed by atoms with E-state index in [0.29, 0.717) is 5.56 Å². The normalized spacial score (nSPS) is 14.3. The number of aliphatic hydroxyl groups is 1. The van der Waals surface area contributed by atoms with Gasteiger partial charge in [0.1, 0.15) is 5.60 Å². The van der Waals surface area contributed by atoms with E-state index in [2.05, 4.69) is 17.0 Å². The van der Waals surface area contributed by atoms with Crippen LogP contribution in [0.15, 0.2) is 25.0 Å². The standard InChI is InChI=1S/C10H15N3O2/c1-4-9(14)11-7-10(2,15)8-5-12-13(3)6-8/h4-6,15H,1,7H2,2-3H3,(H,11,14)/t10-/m0/s1. The van der Waals surface area contributed by atoms with Crippen LogP contribution in [0.3, 0.4) is 0 Å². The summed E-state index contributed by atoms with van der Waals surface area (Å²) >= 11 is 0. The van der Waals surface area contributed by atoms with E-state index in [1.807, 2.05) is 0 Å². The molecular formula is C10H15N3O2. The molecule has 0 aliphatic rings. The van der Waals surface area contributed by atoms with E-state index in [9.17, 15) is 9.90 Å². The summed E-state index contributed by atoms with van der Waals surface area (Å²) in [5.74, 6) is -0.306. The molecule has 1 aromatic heterocycles. The van der Waals surface area contributed by atoms with E-state index < -0.39 is 5.60 Å². The van der Waals surface area contributed by atoms with Gasteiger partial charge in [-0.25, -0.2) is 0 Å². The second-order valence-corrected chi connectivity index (χ2v) is 3.60. The highest BCUT2D eigenvalue weighted by atomic mass is 16.3. The van der Waals surface area contributed by atoms with Gasteiger partial charge in [0.25, 0.3) is 0 Å². The fourth-order valence-corrected chi connectivity index (χ4v) is 1.13. The lowest BCUT2D eigenvalue weighted by molar-refractivity contribution is -0.117. The first-order chi connectivity index (χ1) is 6.95. The molecule has 15 heavy (non-hydrogen) atoms. The SMILES string of the molecule is C=CC(=O)NC[C@](C)(O)c1cnn(C)c1. The van der Waals surface area contributed by atoms with E-state index in [0.717, 1.165) is 0 Å². The average molecular weight is 209 g/mol. The molecule has 0 aliphatic carbocycles. The Morgan fingerprint density at radius 1 is 1.87 bits per heavy atom. The van der Waals surface area contributed by atoms with Gasteiger partial charge in [0.15, 0.2) is 0 Å². The van der Waals surface area contributed by atoms with E-state index in [1.165, 1.54) is 6.08 Å². The first-order valence-corrected chi connectivity index (χ1v) is 4.57. The lowest BCUT2D eigenvalue weighted by atomic mass is 10.00. The summed E-state index contributed by atoms with van der Waals surface area (Å²) in [4.78, 5) is 10.9. The lowest BCUT2D eigenvalue weighted by Gasteiger charge is -2.21. The fourth-order valence-electron chi connectivity index (χ4n) is 1.13. The minimum Gasteiger partial charge on any atom is -0.383 e. The number of rotatable bonds is 4. The van der Waals surface area contributed by atoms with Gasteiger partial charge in [0.05, 0.1) is 12.7 Å². The van der Waals surface area contributed by atoms with Gasteiger partial charge >= 0.3 is 0 Å². The molecule has 1 amide bonds. The van der Waals surface area contributed by atoms with Crippen molar-refractivity contribution in [2.24, 2.45) is 7.05 Å². The number of amides is 1. The van der Waals surface area contributed by atoms with Crippen LogP contribution in [0.25, 0.3) is 0 Å². The second-order valence-electron chi connectivity index (χ2n) is 3.60. The largest absolute Gasteiger partial charge is 0.383 e. The Hall–Kier alpha value is -1.62. The van der Waals surface area contributed by atoms with E-state index in [-0.39, 0.29) is 12.5 Å². The number of nitrogens with one attached hydrogen (secondary N) is 1. The van der Waals surface area contributed by atoms with Crippen molar-refractivity contribution in [3.63, 3.8) is 0 Å². The van der Waals surface area contributed by atoms with Crippen LogP contribution < -0.4 is 5.32 Å². The number of hydrogen-bond donors (Lipinski definition) is 2. The first kappa shape index (κ1) is 11.5. The molecule has 1 heterocycles. The molecule has 0 fully saturated rings. The lowest BCUT2D eigenvalue weighted by Crippen LogP contribution is -2.37. The maximum atomic E-state index is 10.9. The number of aryl methyl sites for hydroxylation is 1. The van der Waals surface area contributed by atoms with Gasteiger partial charge in [0.2, 0.25) is 5.91 Å². The van der Waals surface area contributed by atoms with E-state index in [1.54, 1.807) is 31.0 Å². The van der Waals surface area contributed by atoms with Gasteiger partial charge in [-0.15, -0.1) is 0 Å². The third kappa shape index (κ3) is 2.92. The topological polar surface area (TPSA) is 67.2 Å². The Balaban J connectivity index is 2.66. The first-order valence-electron chi connectivity index (χ1n) is 4.57. The summed E-state index contributed by atoms with van der Waals surface area (Å²) in [6.45, 7) is 5.07. The summed E-state index contributed by atoms with van der Waals surface area (Å²) in [6, 6.07) is 0. The molecule has 0 spiro atoms. The summed E-state index contributed by atoms with van der Waals surface area (Å²) in [6.07, 6.45) is 4.44. The predicted octanol–water partition coefficient (Wildman–Crippen LogP) is -0.0702. The molecule has 0 aliphatic heterocycles. The van der Waals surface area contributed by atoms with Crippen molar-refractivity contribution >= 4 is 5.91 Å². The van der Waals surface area contributed by atoms with Crippen LogP contribution in [0, 0.1) is 0 Å². The Bertz CT molecular complexity index is 368. The third-order valence-electron chi connectivity index (χ3n) is 2.12. The quantitative estimate of drug-likeness (QED) is 0.682. The molecule has 2 N–H and O–H groups in total. The zero-order valence-corrected chi connectivity index (χ0v) is 8.90. The Labute approximate surface area is 88.4 Å². The van der Waals surface area contributed by atoms with E-state index >= 15 is 0 Å². The van der Waals surface area contributed by atoms with Crippen molar-refractivity contribution in [2.75, 3.05) is 6.54 Å². The Morgan fingerprint density at radius 3 is 3.00 bits per heavy atom. The number of nitrogens with zero attached hydrogens (tertiary/aromatic N) is 2. The fraction of sp³-hybridized carbons (Fsp3) is 0.400. The van der Waals surface area contributed by atoms with Crippen LogP contribution in [0.1, 0.15) is 12.5 Å². The molecule has 1 atom stereocenters. The molecule has 0 aromatic carbocycles. The summed E-state index contributed by atoms with van der Waals surface area (Å²) < 4.78 is 1.60. The third-order valence-corrected chi connectivity index (χ3v) is 2.12. The summed E-state index contributed by atoms with van der Waals surface area (Å²) in [5, 5.41) is 16.5. The monoisotopic (exact) mass is 209 g/mol. The van der Waals surface area contributed by atoms with Crippen molar-refractivity contribution in [3.05, 3.63) is 30.6 Å². The number of aromatic nitrogens is 2. The molecule has 1 rings (SSSR count). The van der Waals surface area contributed by atoms with Crippen LogP contribution in [-0.2, 0) is 17.4 Å². The summed E-state index contributed by atoms with van der Waals surface area (Å²) in [7, 11) is 1.77. The van der Waals surface area contributed by atoms with Crippen LogP contribution in [-0.4, -0.2) is 27.3 Å². The van der Waals surface area contributed by atoms with Crippen molar-refractivity contribution in [1.82, 2.24) is 15.1 Å². The van der Waals surface area contributed by atoms with Gasteiger partial charge in [-0.3, -0.25) is 9.48 Å². The molecule has 0 unspecified atom stereocenters. The van der Waals surface area contributed by atoms with Crippen LogP contribution in [0.5, 0.6) is 0 Å². The van der Waals surface area contributed by atoms with Gasteiger partial charge in [-0.05, 0) is 13.0 Å². The molecular weight excluding hydrogens is 194 g/mol. The number of hydrogen-bond acceptors (Lipinski definition) is 3.